The maximum Gasteiger partial charge on any atom is 0.0723 e. The average Bonchev–Trinajstić information content (AvgIpc) is 2.80. The van der Waals surface area contributed by atoms with Gasteiger partial charge >= 0.3 is 0 Å². The molecule has 3 heteroatoms. The van der Waals surface area contributed by atoms with Crippen molar-refractivity contribution in [2.45, 2.75) is 57.2 Å². The second kappa shape index (κ2) is 5.61. The summed E-state index contributed by atoms with van der Waals surface area (Å²) >= 11 is 0. The molecule has 1 aromatic carbocycles. The SMILES string of the molecule is CC1C(N)NNC1c1ccc(C2CCCCC2)cc1. The lowest BCUT2D eigenvalue weighted by Gasteiger charge is -2.23. The van der Waals surface area contributed by atoms with Gasteiger partial charge in [-0.25, -0.2) is 10.9 Å². The van der Waals surface area contributed by atoms with Crippen LogP contribution in [0.15, 0.2) is 24.3 Å². The summed E-state index contributed by atoms with van der Waals surface area (Å²) in [5.74, 6) is 1.21. The first-order valence-electron chi connectivity index (χ1n) is 7.62. The second-order valence-corrected chi connectivity index (χ2v) is 6.15. The van der Waals surface area contributed by atoms with E-state index < -0.39 is 0 Å². The molecule has 0 amide bonds. The molecule has 0 aromatic heterocycles. The Kier molecular flexibility index (Phi) is 3.87. The van der Waals surface area contributed by atoms with Crippen molar-refractivity contribution in [3.8, 4) is 0 Å². The maximum atomic E-state index is 5.98. The van der Waals surface area contributed by atoms with E-state index in [1.807, 2.05) is 0 Å². The number of hydrazine groups is 1. The summed E-state index contributed by atoms with van der Waals surface area (Å²) in [6, 6.07) is 9.53. The molecule has 3 atom stereocenters. The normalized spacial score (nSPS) is 32.6. The second-order valence-electron chi connectivity index (χ2n) is 6.15. The number of nitrogens with one attached hydrogen (secondary N) is 2. The van der Waals surface area contributed by atoms with Crippen LogP contribution in [0.5, 0.6) is 0 Å². The standard InChI is InChI=1S/C16H25N3/c1-11-15(18-19-16(11)17)14-9-7-13(8-10-14)12-5-3-2-4-6-12/h7-12,15-16,18-19H,2-6,17H2,1H3. The van der Waals surface area contributed by atoms with Crippen LogP contribution in [-0.4, -0.2) is 6.17 Å². The molecule has 1 aliphatic carbocycles. The van der Waals surface area contributed by atoms with E-state index in [-0.39, 0.29) is 6.17 Å². The minimum Gasteiger partial charge on any atom is -0.315 e. The predicted octanol–water partition coefficient (Wildman–Crippen LogP) is 2.80. The Hall–Kier alpha value is -0.900. The molecule has 19 heavy (non-hydrogen) atoms. The Bertz CT molecular complexity index is 409. The van der Waals surface area contributed by atoms with Crippen LogP contribution < -0.4 is 16.6 Å². The monoisotopic (exact) mass is 259 g/mol. The van der Waals surface area contributed by atoms with Gasteiger partial charge in [-0.2, -0.15) is 0 Å². The van der Waals surface area contributed by atoms with E-state index in [9.17, 15) is 0 Å². The fourth-order valence-electron chi connectivity index (χ4n) is 3.45. The molecule has 0 bridgehead atoms. The van der Waals surface area contributed by atoms with Crippen LogP contribution in [-0.2, 0) is 0 Å². The highest BCUT2D eigenvalue weighted by atomic mass is 15.4. The quantitative estimate of drug-likeness (QED) is 0.765. The first-order valence-corrected chi connectivity index (χ1v) is 7.62. The lowest BCUT2D eigenvalue weighted by Crippen LogP contribution is -2.38. The largest absolute Gasteiger partial charge is 0.315 e. The van der Waals surface area contributed by atoms with Gasteiger partial charge in [0.1, 0.15) is 0 Å². The van der Waals surface area contributed by atoms with Gasteiger partial charge in [0, 0.05) is 5.92 Å². The molecule has 1 aliphatic heterocycles. The highest BCUT2D eigenvalue weighted by Gasteiger charge is 2.30. The van der Waals surface area contributed by atoms with E-state index in [0.717, 1.165) is 5.92 Å². The minimum atomic E-state index is 0.0445. The summed E-state index contributed by atoms with van der Waals surface area (Å²) < 4.78 is 0. The Labute approximate surface area is 115 Å². The molecule has 1 aromatic rings. The number of benzene rings is 1. The highest BCUT2D eigenvalue weighted by molar-refractivity contribution is 5.28. The van der Waals surface area contributed by atoms with E-state index in [1.165, 1.54) is 43.2 Å². The van der Waals surface area contributed by atoms with Crippen LogP contribution in [0.2, 0.25) is 0 Å². The fourth-order valence-corrected chi connectivity index (χ4v) is 3.45. The minimum absolute atomic E-state index is 0.0445. The van der Waals surface area contributed by atoms with E-state index in [0.29, 0.717) is 12.0 Å². The summed E-state index contributed by atoms with van der Waals surface area (Å²) in [6.45, 7) is 2.19. The molecule has 2 fully saturated rings. The van der Waals surface area contributed by atoms with Crippen molar-refractivity contribution in [2.75, 3.05) is 0 Å². The molecule has 1 saturated carbocycles. The smallest absolute Gasteiger partial charge is 0.0723 e. The van der Waals surface area contributed by atoms with Crippen LogP contribution >= 0.6 is 0 Å². The van der Waals surface area contributed by atoms with Gasteiger partial charge in [-0.1, -0.05) is 50.5 Å². The van der Waals surface area contributed by atoms with Gasteiger partial charge in [0.05, 0.1) is 12.2 Å². The van der Waals surface area contributed by atoms with Crippen LogP contribution in [0.3, 0.4) is 0 Å². The van der Waals surface area contributed by atoms with Gasteiger partial charge in [0.25, 0.3) is 0 Å². The van der Waals surface area contributed by atoms with Crippen molar-refractivity contribution in [3.05, 3.63) is 35.4 Å². The number of rotatable bonds is 2. The third kappa shape index (κ3) is 2.69. The molecular weight excluding hydrogens is 234 g/mol. The summed E-state index contributed by atoms with van der Waals surface area (Å²) in [5, 5.41) is 0. The van der Waals surface area contributed by atoms with Crippen molar-refractivity contribution < 1.29 is 0 Å². The Morgan fingerprint density at radius 3 is 2.16 bits per heavy atom. The molecule has 0 radical (unpaired) electrons. The van der Waals surface area contributed by atoms with Crippen LogP contribution in [0.4, 0.5) is 0 Å². The third-order valence-electron chi connectivity index (χ3n) is 4.87. The Morgan fingerprint density at radius 2 is 1.58 bits per heavy atom. The van der Waals surface area contributed by atoms with Crippen LogP contribution in [0.1, 0.15) is 62.1 Å². The topological polar surface area (TPSA) is 50.1 Å². The molecule has 1 heterocycles. The first kappa shape index (κ1) is 13.1. The van der Waals surface area contributed by atoms with E-state index in [4.69, 9.17) is 5.73 Å². The molecule has 0 spiro atoms. The number of nitrogens with two attached hydrogens (primary N) is 1. The Balaban J connectivity index is 1.72. The zero-order valence-electron chi connectivity index (χ0n) is 11.7. The summed E-state index contributed by atoms with van der Waals surface area (Å²) in [7, 11) is 0. The van der Waals surface area contributed by atoms with E-state index >= 15 is 0 Å². The van der Waals surface area contributed by atoms with Gasteiger partial charge in [-0.15, -0.1) is 0 Å². The molecule has 1 saturated heterocycles. The van der Waals surface area contributed by atoms with Crippen molar-refractivity contribution in [2.24, 2.45) is 11.7 Å². The fraction of sp³-hybridized carbons (Fsp3) is 0.625. The molecule has 3 rings (SSSR count). The molecule has 3 nitrogen and oxygen atoms in total. The van der Waals surface area contributed by atoms with Crippen molar-refractivity contribution in [1.82, 2.24) is 10.9 Å². The van der Waals surface area contributed by atoms with Crippen molar-refractivity contribution in [1.29, 1.82) is 0 Å². The number of hydrogen-bond donors (Lipinski definition) is 3. The van der Waals surface area contributed by atoms with Crippen molar-refractivity contribution >= 4 is 0 Å². The van der Waals surface area contributed by atoms with E-state index in [2.05, 4.69) is 42.0 Å². The zero-order chi connectivity index (χ0) is 13.2. The molecule has 4 N–H and O–H groups in total. The van der Waals surface area contributed by atoms with Gasteiger partial charge < -0.3 is 5.73 Å². The first-order chi connectivity index (χ1) is 9.25. The molecule has 2 aliphatic rings. The van der Waals surface area contributed by atoms with Gasteiger partial charge in [0.15, 0.2) is 0 Å². The lowest BCUT2D eigenvalue weighted by atomic mass is 9.83. The molecule has 3 unspecified atom stereocenters. The van der Waals surface area contributed by atoms with Crippen LogP contribution in [0.25, 0.3) is 0 Å². The summed E-state index contributed by atoms with van der Waals surface area (Å²) in [4.78, 5) is 0. The Morgan fingerprint density at radius 1 is 0.947 bits per heavy atom. The molecule has 104 valence electrons. The van der Waals surface area contributed by atoms with Gasteiger partial charge in [-0.05, 0) is 29.9 Å². The lowest BCUT2D eigenvalue weighted by molar-refractivity contribution is 0.442. The maximum absolute atomic E-state index is 5.98. The molecular formula is C16H25N3. The third-order valence-corrected chi connectivity index (χ3v) is 4.87. The summed E-state index contributed by atoms with van der Waals surface area (Å²) in [6.07, 6.45) is 6.98. The predicted molar refractivity (Wildman–Crippen MR) is 78.4 cm³/mol. The average molecular weight is 259 g/mol. The van der Waals surface area contributed by atoms with Gasteiger partial charge in [0.2, 0.25) is 0 Å². The highest BCUT2D eigenvalue weighted by Crippen LogP contribution is 2.34. The van der Waals surface area contributed by atoms with Gasteiger partial charge in [-0.3, -0.25) is 0 Å². The van der Waals surface area contributed by atoms with Crippen LogP contribution in [0, 0.1) is 5.92 Å². The van der Waals surface area contributed by atoms with E-state index in [1.54, 1.807) is 0 Å². The summed E-state index contributed by atoms with van der Waals surface area (Å²) in [5.41, 5.74) is 15.3. The zero-order valence-corrected chi connectivity index (χ0v) is 11.7. The number of hydrogen-bond acceptors (Lipinski definition) is 3. The van der Waals surface area contributed by atoms with Crippen molar-refractivity contribution in [3.63, 3.8) is 0 Å².